The van der Waals surface area contributed by atoms with E-state index in [-0.39, 0.29) is 0 Å². The summed E-state index contributed by atoms with van der Waals surface area (Å²) in [7, 11) is 0. The van der Waals surface area contributed by atoms with Gasteiger partial charge in [0.25, 0.3) is 0 Å². The van der Waals surface area contributed by atoms with Crippen LogP contribution in [0.25, 0.3) is 0 Å². The molecule has 0 radical (unpaired) electrons. The number of carbonyl (C=O) groups is 1. The van der Waals surface area contributed by atoms with Crippen LogP contribution in [0.1, 0.15) is 19.3 Å². The molecule has 0 saturated heterocycles. The summed E-state index contributed by atoms with van der Waals surface area (Å²) in [5.74, 6) is 3.46. The second kappa shape index (κ2) is 1.09. The number of rotatable bonds is 0. The van der Waals surface area contributed by atoms with Crippen LogP contribution in [0.5, 0.6) is 0 Å². The fourth-order valence-electron chi connectivity index (χ4n) is 2.68. The quantitative estimate of drug-likeness (QED) is 0.472. The first-order valence-electron chi connectivity index (χ1n) is 3.91. The largest absolute Gasteiger partial charge is 0.299 e. The van der Waals surface area contributed by atoms with E-state index in [1.807, 2.05) is 0 Å². The normalized spacial score (nSPS) is 60.2. The number of ketones is 1. The van der Waals surface area contributed by atoms with Crippen molar-refractivity contribution in [2.24, 2.45) is 23.7 Å². The van der Waals surface area contributed by atoms with E-state index in [1.165, 1.54) is 19.3 Å². The summed E-state index contributed by atoms with van der Waals surface area (Å²) in [5.41, 5.74) is 0. The van der Waals surface area contributed by atoms with Gasteiger partial charge in [-0.2, -0.15) is 0 Å². The van der Waals surface area contributed by atoms with Crippen LogP contribution in [0.2, 0.25) is 0 Å². The third kappa shape index (κ3) is 0.347. The van der Waals surface area contributed by atoms with Gasteiger partial charge in [0.2, 0.25) is 0 Å². The molecule has 0 amide bonds. The van der Waals surface area contributed by atoms with Gasteiger partial charge in [0.15, 0.2) is 0 Å². The van der Waals surface area contributed by atoms with E-state index in [4.69, 9.17) is 0 Å². The average molecular weight is 122 g/mol. The predicted molar refractivity (Wildman–Crippen MR) is 32.8 cm³/mol. The Kier molecular flexibility index (Phi) is 0.544. The Labute approximate surface area is 54.4 Å². The van der Waals surface area contributed by atoms with Crippen LogP contribution in [0, 0.1) is 23.7 Å². The van der Waals surface area contributed by atoms with Crippen molar-refractivity contribution in [3.63, 3.8) is 0 Å². The standard InChI is InChI=1S/C8H10O/c9-8-5-2-1-4(5)6-3-7(6)8/h4-7H,1-3H2/t4-,5+,6+,7+/m0/s1. The summed E-state index contributed by atoms with van der Waals surface area (Å²) in [6, 6.07) is 0. The minimum atomic E-state index is 0.550. The Morgan fingerprint density at radius 3 is 2.33 bits per heavy atom. The van der Waals surface area contributed by atoms with Crippen LogP contribution in [-0.2, 0) is 4.79 Å². The summed E-state index contributed by atoms with van der Waals surface area (Å²) >= 11 is 0. The van der Waals surface area contributed by atoms with Crippen molar-refractivity contribution in [1.82, 2.24) is 0 Å². The SMILES string of the molecule is O=C1[C@@H]2CC[C@@H]2[C@H]2C[C@@H]12. The molecular weight excluding hydrogens is 112 g/mol. The molecule has 48 valence electrons. The lowest BCUT2D eigenvalue weighted by Gasteiger charge is -2.30. The molecule has 3 fully saturated rings. The highest BCUT2D eigenvalue weighted by Crippen LogP contribution is 2.62. The van der Waals surface area contributed by atoms with Crippen LogP contribution in [-0.4, -0.2) is 5.78 Å². The summed E-state index contributed by atoms with van der Waals surface area (Å²) in [5, 5.41) is 0. The van der Waals surface area contributed by atoms with Gasteiger partial charge in [0.1, 0.15) is 5.78 Å². The van der Waals surface area contributed by atoms with Crippen molar-refractivity contribution in [3.8, 4) is 0 Å². The molecule has 0 aromatic rings. The van der Waals surface area contributed by atoms with Crippen LogP contribution in [0.15, 0.2) is 0 Å². The topological polar surface area (TPSA) is 17.1 Å². The Bertz CT molecular complexity index is 185. The van der Waals surface area contributed by atoms with E-state index in [0.29, 0.717) is 17.6 Å². The monoisotopic (exact) mass is 122 g/mol. The summed E-state index contributed by atoms with van der Waals surface area (Å²) in [6.45, 7) is 0. The molecule has 0 bridgehead atoms. The zero-order valence-electron chi connectivity index (χ0n) is 5.34. The molecule has 1 nitrogen and oxygen atoms in total. The van der Waals surface area contributed by atoms with Crippen molar-refractivity contribution in [2.75, 3.05) is 0 Å². The molecule has 4 atom stereocenters. The molecular formula is C8H10O. The lowest BCUT2D eigenvalue weighted by atomic mass is 9.73. The Morgan fingerprint density at radius 2 is 2.00 bits per heavy atom. The molecule has 3 rings (SSSR count). The van der Waals surface area contributed by atoms with Crippen LogP contribution >= 0.6 is 0 Å². The van der Waals surface area contributed by atoms with Crippen molar-refractivity contribution >= 4 is 5.78 Å². The fraction of sp³-hybridized carbons (Fsp3) is 0.875. The molecule has 0 heterocycles. The second-order valence-corrected chi connectivity index (χ2v) is 3.76. The smallest absolute Gasteiger partial charge is 0.139 e. The summed E-state index contributed by atoms with van der Waals surface area (Å²) in [6.07, 6.45) is 3.83. The molecule has 1 heteroatoms. The minimum absolute atomic E-state index is 0.550. The van der Waals surface area contributed by atoms with E-state index in [2.05, 4.69) is 0 Å². The van der Waals surface area contributed by atoms with Crippen molar-refractivity contribution in [2.45, 2.75) is 19.3 Å². The van der Waals surface area contributed by atoms with Gasteiger partial charge >= 0.3 is 0 Å². The van der Waals surface area contributed by atoms with E-state index < -0.39 is 0 Å². The molecule has 0 aromatic carbocycles. The first-order chi connectivity index (χ1) is 4.38. The Balaban J connectivity index is 2.00. The number of carbonyl (C=O) groups excluding carboxylic acids is 1. The van der Waals surface area contributed by atoms with Crippen LogP contribution in [0.3, 0.4) is 0 Å². The van der Waals surface area contributed by atoms with Gasteiger partial charge in [-0.25, -0.2) is 0 Å². The number of hydrogen-bond donors (Lipinski definition) is 0. The highest BCUT2D eigenvalue weighted by molar-refractivity contribution is 5.90. The van der Waals surface area contributed by atoms with Gasteiger partial charge < -0.3 is 0 Å². The molecule has 0 N–H and O–H groups in total. The van der Waals surface area contributed by atoms with Gasteiger partial charge in [0.05, 0.1) is 0 Å². The Hall–Kier alpha value is -0.330. The average Bonchev–Trinajstić information content (AvgIpc) is 2.38. The van der Waals surface area contributed by atoms with E-state index in [1.54, 1.807) is 0 Å². The zero-order valence-corrected chi connectivity index (χ0v) is 5.34. The van der Waals surface area contributed by atoms with Gasteiger partial charge in [-0.3, -0.25) is 4.79 Å². The van der Waals surface area contributed by atoms with Gasteiger partial charge in [0, 0.05) is 11.8 Å². The number of fused-ring (bicyclic) bond motifs is 3. The van der Waals surface area contributed by atoms with Crippen molar-refractivity contribution in [1.29, 1.82) is 0 Å². The van der Waals surface area contributed by atoms with Crippen LogP contribution < -0.4 is 0 Å². The maximum atomic E-state index is 11.2. The molecule has 3 aliphatic rings. The Morgan fingerprint density at radius 1 is 1.11 bits per heavy atom. The van der Waals surface area contributed by atoms with Gasteiger partial charge in [-0.05, 0) is 31.1 Å². The number of hydrogen-bond acceptors (Lipinski definition) is 1. The molecule has 0 aliphatic heterocycles. The molecule has 0 unspecified atom stereocenters. The second-order valence-electron chi connectivity index (χ2n) is 3.76. The molecule has 0 aromatic heterocycles. The van der Waals surface area contributed by atoms with Gasteiger partial charge in [-0.1, -0.05) is 0 Å². The lowest BCUT2D eigenvalue weighted by molar-refractivity contribution is -0.125. The summed E-state index contributed by atoms with van der Waals surface area (Å²) in [4.78, 5) is 11.2. The minimum Gasteiger partial charge on any atom is -0.299 e. The molecule has 3 saturated carbocycles. The van der Waals surface area contributed by atoms with E-state index >= 15 is 0 Å². The molecule has 3 aliphatic carbocycles. The third-order valence-electron chi connectivity index (χ3n) is 3.45. The van der Waals surface area contributed by atoms with E-state index in [0.717, 1.165) is 11.8 Å². The van der Waals surface area contributed by atoms with Gasteiger partial charge in [-0.15, -0.1) is 0 Å². The van der Waals surface area contributed by atoms with Crippen molar-refractivity contribution in [3.05, 3.63) is 0 Å². The maximum absolute atomic E-state index is 11.2. The molecule has 9 heavy (non-hydrogen) atoms. The molecule has 0 spiro atoms. The first kappa shape index (κ1) is 4.48. The lowest BCUT2D eigenvalue weighted by Crippen LogP contribution is -2.28. The zero-order chi connectivity index (χ0) is 6.01. The number of Topliss-reactive ketones (excluding diaryl/α,β-unsaturated/α-hetero) is 1. The van der Waals surface area contributed by atoms with E-state index in [9.17, 15) is 4.79 Å². The third-order valence-corrected chi connectivity index (χ3v) is 3.45. The summed E-state index contributed by atoms with van der Waals surface area (Å²) < 4.78 is 0. The van der Waals surface area contributed by atoms with Crippen molar-refractivity contribution < 1.29 is 4.79 Å². The fourth-order valence-corrected chi connectivity index (χ4v) is 2.68. The highest BCUT2D eigenvalue weighted by Gasteiger charge is 2.62. The predicted octanol–water partition coefficient (Wildman–Crippen LogP) is 1.23. The van der Waals surface area contributed by atoms with Crippen LogP contribution in [0.4, 0.5) is 0 Å². The maximum Gasteiger partial charge on any atom is 0.139 e. The first-order valence-corrected chi connectivity index (χ1v) is 3.91. The highest BCUT2D eigenvalue weighted by atomic mass is 16.1.